The van der Waals surface area contributed by atoms with Crippen molar-refractivity contribution in [3.05, 3.63) is 0 Å². The Morgan fingerprint density at radius 2 is 2.00 bits per heavy atom. The summed E-state index contributed by atoms with van der Waals surface area (Å²) in [7, 11) is 0. The molecule has 0 aromatic carbocycles. The summed E-state index contributed by atoms with van der Waals surface area (Å²) in [5.74, 6) is 0. The maximum absolute atomic E-state index is 5.91. The molecule has 3 nitrogen and oxygen atoms in total. The van der Waals surface area contributed by atoms with Crippen LogP contribution in [0.3, 0.4) is 0 Å². The van der Waals surface area contributed by atoms with Gasteiger partial charge in [0.15, 0.2) is 0 Å². The summed E-state index contributed by atoms with van der Waals surface area (Å²) in [5, 5.41) is 3.84. The van der Waals surface area contributed by atoms with Crippen molar-refractivity contribution in [2.45, 2.75) is 63.0 Å². The van der Waals surface area contributed by atoms with E-state index < -0.39 is 0 Å². The normalized spacial score (nSPS) is 33.7. The van der Waals surface area contributed by atoms with Crippen LogP contribution in [0.4, 0.5) is 0 Å². The first-order valence-electron chi connectivity index (χ1n) is 7.95. The van der Waals surface area contributed by atoms with E-state index in [0.29, 0.717) is 11.6 Å². The largest absolute Gasteiger partial charge is 0.377 e. The van der Waals surface area contributed by atoms with Gasteiger partial charge >= 0.3 is 0 Å². The van der Waals surface area contributed by atoms with Crippen molar-refractivity contribution in [1.82, 2.24) is 10.2 Å². The van der Waals surface area contributed by atoms with Crippen molar-refractivity contribution in [2.24, 2.45) is 0 Å². The Morgan fingerprint density at radius 1 is 1.11 bits per heavy atom. The Balaban J connectivity index is 1.56. The van der Waals surface area contributed by atoms with Crippen LogP contribution in [0.25, 0.3) is 0 Å². The van der Waals surface area contributed by atoms with Gasteiger partial charge in [-0.2, -0.15) is 0 Å². The molecule has 1 aliphatic carbocycles. The zero-order valence-corrected chi connectivity index (χ0v) is 11.6. The minimum Gasteiger partial charge on any atom is -0.377 e. The zero-order chi connectivity index (χ0) is 12.3. The van der Waals surface area contributed by atoms with Gasteiger partial charge in [0, 0.05) is 25.2 Å². The van der Waals surface area contributed by atoms with Gasteiger partial charge in [0.25, 0.3) is 0 Å². The van der Waals surface area contributed by atoms with Crippen molar-refractivity contribution in [1.29, 1.82) is 0 Å². The molecule has 0 amide bonds. The number of ether oxygens (including phenoxy) is 1. The lowest BCUT2D eigenvalue weighted by Crippen LogP contribution is -2.50. The SMILES string of the molecule is C1CCC(CN2CCCNC3(CCCC3)C2)OC1. The predicted octanol–water partition coefficient (Wildman–Crippen LogP) is 2.16. The van der Waals surface area contributed by atoms with Gasteiger partial charge in [0.05, 0.1) is 6.10 Å². The summed E-state index contributed by atoms with van der Waals surface area (Å²) in [6.07, 6.45) is 11.3. The summed E-state index contributed by atoms with van der Waals surface area (Å²) in [6, 6.07) is 0. The van der Waals surface area contributed by atoms with Crippen LogP contribution in [0.15, 0.2) is 0 Å². The topological polar surface area (TPSA) is 24.5 Å². The molecule has 18 heavy (non-hydrogen) atoms. The molecule has 0 radical (unpaired) electrons. The van der Waals surface area contributed by atoms with Gasteiger partial charge in [-0.1, -0.05) is 12.8 Å². The summed E-state index contributed by atoms with van der Waals surface area (Å²) < 4.78 is 5.91. The number of nitrogens with one attached hydrogen (secondary N) is 1. The van der Waals surface area contributed by atoms with E-state index in [0.717, 1.165) is 6.61 Å². The van der Waals surface area contributed by atoms with E-state index >= 15 is 0 Å². The third-order valence-corrected chi connectivity index (χ3v) is 4.97. The van der Waals surface area contributed by atoms with Crippen molar-refractivity contribution >= 4 is 0 Å². The highest BCUT2D eigenvalue weighted by molar-refractivity contribution is 4.97. The van der Waals surface area contributed by atoms with E-state index in [9.17, 15) is 0 Å². The van der Waals surface area contributed by atoms with Crippen LogP contribution in [0.5, 0.6) is 0 Å². The van der Waals surface area contributed by atoms with Gasteiger partial charge in [-0.15, -0.1) is 0 Å². The highest BCUT2D eigenvalue weighted by Gasteiger charge is 2.36. The summed E-state index contributed by atoms with van der Waals surface area (Å²) in [5.41, 5.74) is 0.450. The van der Waals surface area contributed by atoms with Crippen LogP contribution in [-0.2, 0) is 4.74 Å². The van der Waals surface area contributed by atoms with Crippen molar-refractivity contribution in [2.75, 3.05) is 32.8 Å². The maximum Gasteiger partial charge on any atom is 0.0702 e. The van der Waals surface area contributed by atoms with Gasteiger partial charge in [0.2, 0.25) is 0 Å². The molecule has 0 bridgehead atoms. The number of hydrogen-bond acceptors (Lipinski definition) is 3. The molecule has 3 rings (SSSR count). The second-order valence-electron chi connectivity index (χ2n) is 6.49. The highest BCUT2D eigenvalue weighted by Crippen LogP contribution is 2.32. The molecule has 1 saturated carbocycles. The Bertz CT molecular complexity index is 257. The Hall–Kier alpha value is -0.120. The molecule has 3 aliphatic rings. The van der Waals surface area contributed by atoms with Crippen LogP contribution in [-0.4, -0.2) is 49.3 Å². The minimum absolute atomic E-state index is 0.450. The molecule has 0 aromatic heterocycles. The van der Waals surface area contributed by atoms with Crippen molar-refractivity contribution in [3.63, 3.8) is 0 Å². The molecule has 1 unspecified atom stereocenters. The summed E-state index contributed by atoms with van der Waals surface area (Å²) in [6.45, 7) is 5.88. The molecule has 104 valence electrons. The standard InChI is InChI=1S/C15H28N2O/c1-4-11-18-14(6-1)12-17-10-5-9-16-15(13-17)7-2-3-8-15/h14,16H,1-13H2. The fourth-order valence-electron chi connectivity index (χ4n) is 4.00. The molecule has 3 fully saturated rings. The summed E-state index contributed by atoms with van der Waals surface area (Å²) in [4.78, 5) is 2.68. The van der Waals surface area contributed by atoms with Crippen molar-refractivity contribution < 1.29 is 4.74 Å². The van der Waals surface area contributed by atoms with E-state index in [1.54, 1.807) is 0 Å². The first kappa shape index (κ1) is 12.9. The Kier molecular flexibility index (Phi) is 4.22. The molecule has 2 saturated heterocycles. The van der Waals surface area contributed by atoms with Crippen molar-refractivity contribution in [3.8, 4) is 0 Å². The maximum atomic E-state index is 5.91. The summed E-state index contributed by atoms with van der Waals surface area (Å²) >= 11 is 0. The lowest BCUT2D eigenvalue weighted by atomic mass is 9.97. The van der Waals surface area contributed by atoms with Crippen LogP contribution in [0.2, 0.25) is 0 Å². The zero-order valence-electron chi connectivity index (χ0n) is 11.6. The monoisotopic (exact) mass is 252 g/mol. The minimum atomic E-state index is 0.450. The Morgan fingerprint density at radius 3 is 2.78 bits per heavy atom. The fraction of sp³-hybridized carbons (Fsp3) is 1.00. The van der Waals surface area contributed by atoms with Crippen LogP contribution in [0.1, 0.15) is 51.4 Å². The third kappa shape index (κ3) is 3.06. The van der Waals surface area contributed by atoms with Gasteiger partial charge in [-0.3, -0.25) is 4.90 Å². The molecule has 1 spiro atoms. The Labute approximate surface area is 111 Å². The molecule has 1 atom stereocenters. The number of nitrogens with zero attached hydrogens (tertiary/aromatic N) is 1. The second kappa shape index (κ2) is 5.89. The van der Waals surface area contributed by atoms with E-state index in [-0.39, 0.29) is 0 Å². The molecule has 1 N–H and O–H groups in total. The molecular formula is C15H28N2O. The molecule has 3 heteroatoms. The van der Waals surface area contributed by atoms with Crippen LogP contribution >= 0.6 is 0 Å². The molecule has 2 aliphatic heterocycles. The molecule has 2 heterocycles. The van der Waals surface area contributed by atoms with E-state index in [2.05, 4.69) is 10.2 Å². The average Bonchev–Trinajstić information content (AvgIpc) is 2.75. The van der Waals surface area contributed by atoms with Gasteiger partial charge in [-0.25, -0.2) is 0 Å². The second-order valence-corrected chi connectivity index (χ2v) is 6.49. The lowest BCUT2D eigenvalue weighted by Gasteiger charge is -2.35. The van der Waals surface area contributed by atoms with Gasteiger partial charge in [-0.05, 0) is 51.6 Å². The smallest absolute Gasteiger partial charge is 0.0702 e. The quantitative estimate of drug-likeness (QED) is 0.815. The van der Waals surface area contributed by atoms with E-state index in [1.807, 2.05) is 0 Å². The van der Waals surface area contributed by atoms with Crippen LogP contribution in [0, 0.1) is 0 Å². The van der Waals surface area contributed by atoms with Gasteiger partial charge in [0.1, 0.15) is 0 Å². The van der Waals surface area contributed by atoms with Gasteiger partial charge < -0.3 is 10.1 Å². The lowest BCUT2D eigenvalue weighted by molar-refractivity contribution is -0.00822. The van der Waals surface area contributed by atoms with E-state index in [1.165, 1.54) is 77.5 Å². The number of hydrogen-bond donors (Lipinski definition) is 1. The average molecular weight is 252 g/mol. The predicted molar refractivity (Wildman–Crippen MR) is 73.8 cm³/mol. The fourth-order valence-corrected chi connectivity index (χ4v) is 4.00. The van der Waals surface area contributed by atoms with Crippen LogP contribution < -0.4 is 5.32 Å². The highest BCUT2D eigenvalue weighted by atomic mass is 16.5. The van der Waals surface area contributed by atoms with E-state index in [4.69, 9.17) is 4.74 Å². The molecular weight excluding hydrogens is 224 g/mol. The number of rotatable bonds is 2. The third-order valence-electron chi connectivity index (χ3n) is 4.97. The first-order valence-corrected chi connectivity index (χ1v) is 7.95. The molecule has 0 aromatic rings. The first-order chi connectivity index (χ1) is 8.86.